The summed E-state index contributed by atoms with van der Waals surface area (Å²) < 4.78 is 11.5. The molecule has 1 N–H and O–H groups in total. The van der Waals surface area contributed by atoms with Crippen molar-refractivity contribution in [3.63, 3.8) is 0 Å². The molecule has 1 aromatic heterocycles. The number of carbonyl (C=O) groups is 1. The van der Waals surface area contributed by atoms with Gasteiger partial charge < -0.3 is 14.4 Å². The minimum Gasteiger partial charge on any atom is -0.486 e. The van der Waals surface area contributed by atoms with Gasteiger partial charge in [-0.1, -0.05) is 30.4 Å². The summed E-state index contributed by atoms with van der Waals surface area (Å²) in [4.78, 5) is 13.8. The molecule has 1 aliphatic rings. The van der Waals surface area contributed by atoms with E-state index in [1.165, 1.54) is 11.3 Å². The van der Waals surface area contributed by atoms with Gasteiger partial charge in [0.25, 0.3) is 0 Å². The van der Waals surface area contributed by atoms with E-state index in [4.69, 9.17) is 9.47 Å². The Balaban J connectivity index is 1.53. The fourth-order valence-corrected chi connectivity index (χ4v) is 3.18. The molecule has 1 atom stereocenters. The Bertz CT molecular complexity index is 706. The summed E-state index contributed by atoms with van der Waals surface area (Å²) in [5, 5.41) is 12.2. The predicted octanol–water partition coefficient (Wildman–Crippen LogP) is 2.79. The van der Waals surface area contributed by atoms with E-state index in [9.17, 15) is 4.79 Å². The van der Waals surface area contributed by atoms with Crippen LogP contribution in [0, 0.1) is 0 Å². The highest BCUT2D eigenvalue weighted by Gasteiger charge is 2.24. The van der Waals surface area contributed by atoms with Crippen LogP contribution in [0.3, 0.4) is 0 Å². The molecule has 0 aliphatic carbocycles. The molecule has 0 bridgehead atoms. The van der Waals surface area contributed by atoms with Crippen LogP contribution in [-0.2, 0) is 6.42 Å². The quantitative estimate of drug-likeness (QED) is 0.899. The molecule has 128 valence electrons. The van der Waals surface area contributed by atoms with Crippen molar-refractivity contribution >= 4 is 22.5 Å². The lowest BCUT2D eigenvalue weighted by atomic mass is 10.2. The van der Waals surface area contributed by atoms with Gasteiger partial charge in [-0.05, 0) is 18.6 Å². The number of benzene rings is 1. The Hall–Kier alpha value is -2.35. The molecule has 0 saturated carbocycles. The second-order valence-electron chi connectivity index (χ2n) is 5.56. The van der Waals surface area contributed by atoms with Crippen LogP contribution >= 0.6 is 11.3 Å². The maximum Gasteiger partial charge on any atom is 0.323 e. The Kier molecular flexibility index (Phi) is 5.14. The predicted molar refractivity (Wildman–Crippen MR) is 91.9 cm³/mol. The highest BCUT2D eigenvalue weighted by atomic mass is 32.1. The van der Waals surface area contributed by atoms with Crippen molar-refractivity contribution < 1.29 is 14.3 Å². The number of amides is 2. The molecule has 3 rings (SSSR count). The Morgan fingerprint density at radius 1 is 1.38 bits per heavy atom. The van der Waals surface area contributed by atoms with E-state index in [1.54, 1.807) is 11.9 Å². The zero-order valence-electron chi connectivity index (χ0n) is 13.7. The Morgan fingerprint density at radius 2 is 2.17 bits per heavy atom. The largest absolute Gasteiger partial charge is 0.486 e. The molecule has 0 saturated heterocycles. The topological polar surface area (TPSA) is 76.6 Å². The van der Waals surface area contributed by atoms with Crippen LogP contribution in [0.15, 0.2) is 24.3 Å². The van der Waals surface area contributed by atoms with Crippen molar-refractivity contribution in [3.05, 3.63) is 29.3 Å². The molecule has 1 aromatic carbocycles. The number of aryl methyl sites for hydroxylation is 1. The zero-order valence-corrected chi connectivity index (χ0v) is 14.5. The first-order valence-corrected chi connectivity index (χ1v) is 8.70. The summed E-state index contributed by atoms with van der Waals surface area (Å²) in [5.74, 6) is 1.44. The highest BCUT2D eigenvalue weighted by molar-refractivity contribution is 7.15. The molecule has 2 heterocycles. The van der Waals surface area contributed by atoms with E-state index in [2.05, 4.69) is 22.4 Å². The molecule has 1 aliphatic heterocycles. The lowest BCUT2D eigenvalue weighted by Gasteiger charge is -2.29. The minimum absolute atomic E-state index is 0.208. The van der Waals surface area contributed by atoms with Crippen molar-refractivity contribution in [2.24, 2.45) is 0 Å². The van der Waals surface area contributed by atoms with Crippen molar-refractivity contribution in [3.8, 4) is 11.5 Å². The smallest absolute Gasteiger partial charge is 0.323 e. The van der Waals surface area contributed by atoms with Gasteiger partial charge in [-0.3, -0.25) is 5.32 Å². The van der Waals surface area contributed by atoms with Crippen LogP contribution in [0.5, 0.6) is 11.5 Å². The summed E-state index contributed by atoms with van der Waals surface area (Å²) in [5.41, 5.74) is 0. The highest BCUT2D eigenvalue weighted by Crippen LogP contribution is 2.31. The summed E-state index contributed by atoms with van der Waals surface area (Å²) in [6.07, 6.45) is 1.67. The van der Waals surface area contributed by atoms with E-state index in [0.29, 0.717) is 24.0 Å². The number of urea groups is 1. The van der Waals surface area contributed by atoms with Gasteiger partial charge in [-0.25, -0.2) is 4.79 Å². The monoisotopic (exact) mass is 348 g/mol. The van der Waals surface area contributed by atoms with Crippen molar-refractivity contribution in [1.29, 1.82) is 0 Å². The van der Waals surface area contributed by atoms with Gasteiger partial charge >= 0.3 is 6.03 Å². The van der Waals surface area contributed by atoms with Crippen LogP contribution in [0.4, 0.5) is 9.93 Å². The zero-order chi connectivity index (χ0) is 16.9. The van der Waals surface area contributed by atoms with Crippen LogP contribution in [0.2, 0.25) is 0 Å². The van der Waals surface area contributed by atoms with Gasteiger partial charge in [0.1, 0.15) is 11.6 Å². The van der Waals surface area contributed by atoms with Crippen LogP contribution in [0.1, 0.15) is 18.4 Å². The number of para-hydroxylation sites is 2. The second-order valence-corrected chi connectivity index (χ2v) is 6.62. The lowest BCUT2D eigenvalue weighted by Crippen LogP contribution is -2.43. The third-order valence-corrected chi connectivity index (χ3v) is 4.43. The normalized spacial score (nSPS) is 15.8. The third kappa shape index (κ3) is 3.94. The van der Waals surface area contributed by atoms with Gasteiger partial charge in [-0.15, -0.1) is 10.2 Å². The van der Waals surface area contributed by atoms with Gasteiger partial charge in [0.2, 0.25) is 5.13 Å². The average molecular weight is 348 g/mol. The number of hydrogen-bond acceptors (Lipinski definition) is 6. The number of aromatic nitrogens is 2. The SMILES string of the molecule is CCCc1nnc(NC(=O)N(C)CC2COc3ccccc3O2)s1. The molecule has 0 spiro atoms. The standard InChI is InChI=1S/C16H20N4O3S/c1-3-6-14-18-19-15(24-14)17-16(21)20(2)9-11-10-22-12-7-4-5-8-13(12)23-11/h4-5,7-8,11H,3,6,9-10H2,1-2H3,(H,17,19,21). The van der Waals surface area contributed by atoms with Gasteiger partial charge in [0.15, 0.2) is 17.6 Å². The molecule has 2 amide bonds. The number of rotatable bonds is 5. The molecule has 0 fully saturated rings. The molecule has 8 heteroatoms. The van der Waals surface area contributed by atoms with Crippen molar-refractivity contribution in [1.82, 2.24) is 15.1 Å². The number of ether oxygens (including phenoxy) is 2. The van der Waals surface area contributed by atoms with Gasteiger partial charge in [0, 0.05) is 13.5 Å². The van der Waals surface area contributed by atoms with E-state index in [1.807, 2.05) is 24.3 Å². The first kappa shape index (κ1) is 16.5. The molecule has 0 radical (unpaired) electrons. The fourth-order valence-electron chi connectivity index (χ4n) is 2.35. The lowest BCUT2D eigenvalue weighted by molar-refractivity contribution is 0.0731. The molecular formula is C16H20N4O3S. The van der Waals surface area contributed by atoms with Crippen molar-refractivity contribution in [2.75, 3.05) is 25.5 Å². The summed E-state index contributed by atoms with van der Waals surface area (Å²) in [6, 6.07) is 7.28. The van der Waals surface area contributed by atoms with E-state index < -0.39 is 0 Å². The first-order valence-electron chi connectivity index (χ1n) is 7.88. The average Bonchev–Trinajstić information content (AvgIpc) is 3.02. The summed E-state index contributed by atoms with van der Waals surface area (Å²) >= 11 is 1.40. The number of carbonyl (C=O) groups excluding carboxylic acids is 1. The van der Waals surface area contributed by atoms with Crippen LogP contribution in [0.25, 0.3) is 0 Å². The van der Waals surface area contributed by atoms with Crippen LogP contribution in [-0.4, -0.2) is 47.4 Å². The first-order chi connectivity index (χ1) is 11.7. The minimum atomic E-state index is -0.239. The van der Waals surface area contributed by atoms with E-state index in [-0.39, 0.29) is 12.1 Å². The van der Waals surface area contributed by atoms with Crippen molar-refractivity contribution in [2.45, 2.75) is 25.9 Å². The van der Waals surface area contributed by atoms with E-state index >= 15 is 0 Å². The number of hydrogen-bond donors (Lipinski definition) is 1. The summed E-state index contributed by atoms with van der Waals surface area (Å²) in [7, 11) is 1.72. The number of nitrogens with zero attached hydrogens (tertiary/aromatic N) is 3. The van der Waals surface area contributed by atoms with Gasteiger partial charge in [-0.2, -0.15) is 0 Å². The number of nitrogens with one attached hydrogen (secondary N) is 1. The van der Waals surface area contributed by atoms with E-state index in [0.717, 1.165) is 23.6 Å². The fraction of sp³-hybridized carbons (Fsp3) is 0.438. The number of fused-ring (bicyclic) bond motifs is 1. The number of likely N-dealkylation sites (N-methyl/N-ethyl adjacent to an activating group) is 1. The Labute approximate surface area is 144 Å². The molecular weight excluding hydrogens is 328 g/mol. The molecule has 7 nitrogen and oxygen atoms in total. The molecule has 2 aromatic rings. The maximum absolute atomic E-state index is 12.3. The Morgan fingerprint density at radius 3 is 2.96 bits per heavy atom. The maximum atomic E-state index is 12.3. The molecule has 1 unspecified atom stereocenters. The molecule has 24 heavy (non-hydrogen) atoms. The van der Waals surface area contributed by atoms with Gasteiger partial charge in [0.05, 0.1) is 6.54 Å². The third-order valence-electron chi connectivity index (χ3n) is 3.54. The summed E-state index contributed by atoms with van der Waals surface area (Å²) in [6.45, 7) is 2.91. The second kappa shape index (κ2) is 7.48. The number of anilines is 1. The van der Waals surface area contributed by atoms with Crippen LogP contribution < -0.4 is 14.8 Å².